The summed E-state index contributed by atoms with van der Waals surface area (Å²) < 4.78 is 11.3. The molecule has 2 aromatic rings. The van der Waals surface area contributed by atoms with Crippen LogP contribution in [0.5, 0.6) is 0 Å². The molecule has 1 heterocycles. The monoisotopic (exact) mass is 526 g/mol. The van der Waals surface area contributed by atoms with Crippen LogP contribution < -0.4 is 0 Å². The molecule has 0 amide bonds. The number of halogens is 1. The Labute approximate surface area is 192 Å². The van der Waals surface area contributed by atoms with Gasteiger partial charge >= 0.3 is 0 Å². The van der Waals surface area contributed by atoms with Crippen LogP contribution in [-0.4, -0.2) is 57.9 Å². The van der Waals surface area contributed by atoms with Gasteiger partial charge in [-0.15, -0.1) is 0 Å². The molecular formula is C24H31IO5. The molecule has 5 nitrogen and oxygen atoms in total. The van der Waals surface area contributed by atoms with Crippen LogP contribution in [0.1, 0.15) is 34.7 Å². The van der Waals surface area contributed by atoms with Gasteiger partial charge in [0.1, 0.15) is 17.8 Å². The summed E-state index contributed by atoms with van der Waals surface area (Å²) in [5.41, 5.74) is 4.78. The van der Waals surface area contributed by atoms with Crippen molar-refractivity contribution in [3.05, 3.63) is 70.3 Å². The van der Waals surface area contributed by atoms with E-state index in [-0.39, 0.29) is 13.2 Å². The van der Waals surface area contributed by atoms with E-state index in [4.69, 9.17) is 9.47 Å². The third-order valence-electron chi connectivity index (χ3n) is 6.04. The first-order valence-corrected chi connectivity index (χ1v) is 11.6. The maximum atomic E-state index is 10.7. The Bertz CT molecular complexity index is 838. The van der Waals surface area contributed by atoms with Crippen LogP contribution >= 0.6 is 22.6 Å². The number of benzene rings is 2. The van der Waals surface area contributed by atoms with Gasteiger partial charge in [-0.05, 0) is 47.6 Å². The second kappa shape index (κ2) is 10.1. The first-order valence-electron chi connectivity index (χ1n) is 10.3. The van der Waals surface area contributed by atoms with Crippen LogP contribution in [0.25, 0.3) is 0 Å². The first kappa shape index (κ1) is 23.6. The van der Waals surface area contributed by atoms with E-state index in [0.29, 0.717) is 0 Å². The SMILES string of the molecule is CCc1ccc(Cc2cc([C@@]3(COC)O[C@@H](CO)[C@@H](O)[C@H](O)[C@H]3I)ccc2C)cc1. The summed E-state index contributed by atoms with van der Waals surface area (Å²) >= 11 is 2.12. The van der Waals surface area contributed by atoms with E-state index in [2.05, 4.69) is 72.8 Å². The Balaban J connectivity index is 1.99. The molecule has 5 atom stereocenters. The minimum Gasteiger partial charge on any atom is -0.394 e. The summed E-state index contributed by atoms with van der Waals surface area (Å²) in [4.78, 5) is 0. The highest BCUT2D eigenvalue weighted by Gasteiger charge is 2.53. The molecule has 3 N–H and O–H groups in total. The fourth-order valence-electron chi connectivity index (χ4n) is 4.10. The van der Waals surface area contributed by atoms with Crippen molar-refractivity contribution < 1.29 is 24.8 Å². The highest BCUT2D eigenvalue weighted by Crippen LogP contribution is 2.43. The quantitative estimate of drug-likeness (QED) is 0.382. The number of aliphatic hydroxyl groups is 3. The van der Waals surface area contributed by atoms with Crippen LogP contribution in [0.15, 0.2) is 42.5 Å². The molecule has 0 aliphatic carbocycles. The van der Waals surface area contributed by atoms with Crippen molar-refractivity contribution >= 4 is 22.6 Å². The predicted molar refractivity (Wildman–Crippen MR) is 125 cm³/mol. The zero-order valence-corrected chi connectivity index (χ0v) is 19.9. The van der Waals surface area contributed by atoms with Crippen molar-refractivity contribution in [2.24, 2.45) is 0 Å². The molecule has 1 saturated heterocycles. The van der Waals surface area contributed by atoms with E-state index in [1.54, 1.807) is 7.11 Å². The average molecular weight is 526 g/mol. The lowest BCUT2D eigenvalue weighted by atomic mass is 9.81. The Morgan fingerprint density at radius 2 is 1.73 bits per heavy atom. The van der Waals surface area contributed by atoms with Gasteiger partial charge in [-0.3, -0.25) is 0 Å². The third-order valence-corrected chi connectivity index (χ3v) is 7.78. The molecule has 2 aromatic carbocycles. The van der Waals surface area contributed by atoms with Gasteiger partial charge in [-0.1, -0.05) is 72.0 Å². The second-order valence-electron chi connectivity index (χ2n) is 8.03. The molecule has 0 aromatic heterocycles. The van der Waals surface area contributed by atoms with E-state index in [9.17, 15) is 15.3 Å². The van der Waals surface area contributed by atoms with Gasteiger partial charge in [0, 0.05) is 7.11 Å². The van der Waals surface area contributed by atoms with Crippen molar-refractivity contribution in [3.63, 3.8) is 0 Å². The van der Waals surface area contributed by atoms with Gasteiger partial charge in [-0.2, -0.15) is 0 Å². The molecular weight excluding hydrogens is 495 g/mol. The van der Waals surface area contributed by atoms with Crippen LogP contribution in [0.3, 0.4) is 0 Å². The standard InChI is InChI=1S/C24H31IO5/c1-4-16-6-8-17(9-7-16)11-18-12-19(10-5-15(18)2)24(14-29-3)23(25)22(28)21(27)20(13-26)30-24/h5-10,12,20-23,26-28H,4,11,13-14H2,1-3H3/t20-,21+,22-,23+,24+/m0/s1. The van der Waals surface area contributed by atoms with Crippen molar-refractivity contribution in [2.45, 2.75) is 54.5 Å². The zero-order chi connectivity index (χ0) is 21.9. The summed E-state index contributed by atoms with van der Waals surface area (Å²) in [5, 5.41) is 30.7. The second-order valence-corrected chi connectivity index (χ2v) is 9.37. The molecule has 0 bridgehead atoms. The van der Waals surface area contributed by atoms with Gasteiger partial charge in [0.25, 0.3) is 0 Å². The maximum absolute atomic E-state index is 10.7. The summed E-state index contributed by atoms with van der Waals surface area (Å²) in [6.45, 7) is 4.05. The Hall–Kier alpha value is -1.03. The van der Waals surface area contributed by atoms with E-state index in [0.717, 1.165) is 18.4 Å². The van der Waals surface area contributed by atoms with Gasteiger partial charge in [0.2, 0.25) is 0 Å². The number of aryl methyl sites for hydroxylation is 2. The van der Waals surface area contributed by atoms with E-state index >= 15 is 0 Å². The number of alkyl halides is 1. The lowest BCUT2D eigenvalue weighted by Crippen LogP contribution is -2.62. The minimum absolute atomic E-state index is 0.203. The lowest BCUT2D eigenvalue weighted by Gasteiger charge is -2.49. The number of ether oxygens (including phenoxy) is 2. The normalized spacial score (nSPS) is 29.2. The van der Waals surface area contributed by atoms with Crippen molar-refractivity contribution in [1.29, 1.82) is 0 Å². The summed E-state index contributed by atoms with van der Waals surface area (Å²) in [6, 6.07) is 14.8. The number of hydrogen-bond acceptors (Lipinski definition) is 5. The average Bonchev–Trinajstić information content (AvgIpc) is 2.76. The molecule has 0 saturated carbocycles. The number of rotatable bonds is 7. The lowest BCUT2D eigenvalue weighted by molar-refractivity contribution is -0.234. The van der Waals surface area contributed by atoms with Gasteiger partial charge in [0.15, 0.2) is 0 Å². The highest BCUT2D eigenvalue weighted by atomic mass is 127. The molecule has 30 heavy (non-hydrogen) atoms. The molecule has 3 rings (SSSR count). The van der Waals surface area contributed by atoms with Crippen molar-refractivity contribution in [2.75, 3.05) is 20.3 Å². The van der Waals surface area contributed by atoms with Gasteiger partial charge in [-0.25, -0.2) is 0 Å². The van der Waals surface area contributed by atoms with Crippen molar-refractivity contribution in [1.82, 2.24) is 0 Å². The minimum atomic E-state index is -1.15. The van der Waals surface area contributed by atoms with E-state index < -0.39 is 27.8 Å². The van der Waals surface area contributed by atoms with Crippen LogP contribution in [0.4, 0.5) is 0 Å². The largest absolute Gasteiger partial charge is 0.394 e. The predicted octanol–water partition coefficient (Wildman–Crippen LogP) is 2.91. The number of methoxy groups -OCH3 is 1. The topological polar surface area (TPSA) is 79.2 Å². The zero-order valence-electron chi connectivity index (χ0n) is 17.7. The Kier molecular flexibility index (Phi) is 7.92. The molecule has 6 heteroatoms. The van der Waals surface area contributed by atoms with E-state index in [1.807, 2.05) is 6.07 Å². The number of aliphatic hydroxyl groups excluding tert-OH is 3. The van der Waals surface area contributed by atoms with Gasteiger partial charge < -0.3 is 24.8 Å². The molecule has 1 aliphatic rings. The smallest absolute Gasteiger partial charge is 0.131 e. The summed E-state index contributed by atoms with van der Waals surface area (Å²) in [6.07, 6.45) is -1.27. The molecule has 0 spiro atoms. The Morgan fingerprint density at radius 3 is 2.33 bits per heavy atom. The molecule has 0 radical (unpaired) electrons. The molecule has 164 valence electrons. The first-order chi connectivity index (χ1) is 14.4. The van der Waals surface area contributed by atoms with Gasteiger partial charge in [0.05, 0.1) is 23.2 Å². The van der Waals surface area contributed by atoms with Crippen LogP contribution in [0.2, 0.25) is 0 Å². The van der Waals surface area contributed by atoms with Crippen LogP contribution in [-0.2, 0) is 27.9 Å². The Morgan fingerprint density at radius 1 is 1.07 bits per heavy atom. The summed E-state index contributed by atoms with van der Waals surface area (Å²) in [5.74, 6) is 0. The molecule has 1 aliphatic heterocycles. The fourth-order valence-corrected chi connectivity index (χ4v) is 5.21. The maximum Gasteiger partial charge on any atom is 0.131 e. The molecule has 0 unspecified atom stereocenters. The fraction of sp³-hybridized carbons (Fsp3) is 0.500. The van der Waals surface area contributed by atoms with Crippen LogP contribution in [0, 0.1) is 6.92 Å². The van der Waals surface area contributed by atoms with Crippen molar-refractivity contribution in [3.8, 4) is 0 Å². The third kappa shape index (κ3) is 4.59. The summed E-state index contributed by atoms with van der Waals surface area (Å²) in [7, 11) is 1.59. The number of hydrogen-bond donors (Lipinski definition) is 3. The molecule has 1 fully saturated rings. The highest BCUT2D eigenvalue weighted by molar-refractivity contribution is 14.1. The van der Waals surface area contributed by atoms with E-state index in [1.165, 1.54) is 22.3 Å².